The third kappa shape index (κ3) is 2.72. The lowest BCUT2D eigenvalue weighted by Gasteiger charge is -2.06. The van der Waals surface area contributed by atoms with E-state index in [0.29, 0.717) is 0 Å². The van der Waals surface area contributed by atoms with Gasteiger partial charge in [-0.15, -0.1) is 0 Å². The highest BCUT2D eigenvalue weighted by molar-refractivity contribution is 5.80. The summed E-state index contributed by atoms with van der Waals surface area (Å²) < 4.78 is 0. The van der Waals surface area contributed by atoms with Crippen LogP contribution in [0, 0.1) is 0 Å². The third-order valence-corrected chi connectivity index (χ3v) is 1.74. The van der Waals surface area contributed by atoms with Crippen LogP contribution in [-0.4, -0.2) is 12.1 Å². The van der Waals surface area contributed by atoms with Crippen molar-refractivity contribution in [2.24, 2.45) is 0 Å². The van der Waals surface area contributed by atoms with Gasteiger partial charge in [0.2, 0.25) is 0 Å². The zero-order valence-electron chi connectivity index (χ0n) is 6.41. The van der Waals surface area contributed by atoms with Gasteiger partial charge in [0, 0.05) is 6.08 Å². The fraction of sp³-hybridized carbons (Fsp3) is 0.625. The van der Waals surface area contributed by atoms with Gasteiger partial charge in [0.05, 0.1) is 0 Å². The van der Waals surface area contributed by atoms with Crippen molar-refractivity contribution in [3.63, 3.8) is 0 Å². The maximum absolute atomic E-state index is 10.5. The van der Waals surface area contributed by atoms with E-state index in [-0.39, 0.29) is 6.10 Å². The Bertz CT molecular complexity index is 147. The van der Waals surface area contributed by atoms with Crippen LogP contribution >= 0.6 is 0 Å². The molecular weight excluding hydrogens is 144 g/mol. The van der Waals surface area contributed by atoms with E-state index in [0.717, 1.165) is 31.8 Å². The van der Waals surface area contributed by atoms with E-state index in [1.54, 1.807) is 0 Å². The molecule has 0 aromatic carbocycles. The van der Waals surface area contributed by atoms with Gasteiger partial charge in [0.15, 0.2) is 0 Å². The highest BCUT2D eigenvalue weighted by Gasteiger charge is 2.17. The third-order valence-electron chi connectivity index (χ3n) is 1.74. The van der Waals surface area contributed by atoms with Crippen molar-refractivity contribution in [1.29, 1.82) is 0 Å². The highest BCUT2D eigenvalue weighted by Crippen LogP contribution is 2.20. The summed E-state index contributed by atoms with van der Waals surface area (Å²) >= 11 is 0. The van der Waals surface area contributed by atoms with Crippen molar-refractivity contribution in [2.75, 3.05) is 0 Å². The number of hydrogen-bond donors (Lipinski definition) is 0. The average Bonchev–Trinajstić information content (AvgIpc) is 2.52. The molecule has 0 heterocycles. The lowest BCUT2D eigenvalue weighted by Crippen LogP contribution is -2.11. The molecule has 0 aliphatic heterocycles. The quantitative estimate of drug-likeness (QED) is 0.353. The minimum atomic E-state index is -0.517. The molecule has 1 saturated carbocycles. The maximum Gasteiger partial charge on any atom is 0.365 e. The number of carbonyl (C=O) groups is 1. The molecule has 0 saturated heterocycles. The minimum absolute atomic E-state index is 0.110. The summed E-state index contributed by atoms with van der Waals surface area (Å²) in [6, 6.07) is 0. The Labute approximate surface area is 65.9 Å². The van der Waals surface area contributed by atoms with Crippen molar-refractivity contribution in [2.45, 2.75) is 31.8 Å². The Kier molecular flexibility index (Phi) is 3.11. The zero-order valence-corrected chi connectivity index (χ0v) is 6.41. The van der Waals surface area contributed by atoms with E-state index in [4.69, 9.17) is 4.89 Å². The lowest BCUT2D eigenvalue weighted by atomic mass is 10.3. The SMILES string of the molecule is C=CC(=O)OOC1CCCC1. The normalized spacial score (nSPS) is 18.2. The number of carbonyl (C=O) groups excluding carboxylic acids is 1. The fourth-order valence-electron chi connectivity index (χ4n) is 1.13. The van der Waals surface area contributed by atoms with Crippen molar-refractivity contribution in [3.05, 3.63) is 12.7 Å². The Morgan fingerprint density at radius 2 is 2.09 bits per heavy atom. The molecule has 62 valence electrons. The van der Waals surface area contributed by atoms with Gasteiger partial charge in [-0.3, -0.25) is 4.89 Å². The second-order valence-corrected chi connectivity index (χ2v) is 2.61. The van der Waals surface area contributed by atoms with Crippen molar-refractivity contribution in [3.8, 4) is 0 Å². The first-order valence-electron chi connectivity index (χ1n) is 3.82. The zero-order chi connectivity index (χ0) is 8.10. The topological polar surface area (TPSA) is 35.5 Å². The second kappa shape index (κ2) is 4.13. The van der Waals surface area contributed by atoms with E-state index < -0.39 is 5.97 Å². The van der Waals surface area contributed by atoms with E-state index in [1.165, 1.54) is 0 Å². The predicted molar refractivity (Wildman–Crippen MR) is 39.6 cm³/mol. The molecule has 0 spiro atoms. The van der Waals surface area contributed by atoms with Gasteiger partial charge < -0.3 is 0 Å². The maximum atomic E-state index is 10.5. The first-order valence-corrected chi connectivity index (χ1v) is 3.82. The van der Waals surface area contributed by atoms with Crippen LogP contribution in [0.15, 0.2) is 12.7 Å². The lowest BCUT2D eigenvalue weighted by molar-refractivity contribution is -0.292. The van der Waals surface area contributed by atoms with Gasteiger partial charge in [-0.2, -0.15) is 4.89 Å². The molecule has 11 heavy (non-hydrogen) atoms. The van der Waals surface area contributed by atoms with Crippen molar-refractivity contribution >= 4 is 5.97 Å². The van der Waals surface area contributed by atoms with Gasteiger partial charge in [-0.25, -0.2) is 4.79 Å². The fourth-order valence-corrected chi connectivity index (χ4v) is 1.13. The summed E-state index contributed by atoms with van der Waals surface area (Å²) in [5.41, 5.74) is 0. The molecule has 0 aromatic heterocycles. The van der Waals surface area contributed by atoms with Crippen LogP contribution < -0.4 is 0 Å². The van der Waals surface area contributed by atoms with Crippen LogP contribution in [0.25, 0.3) is 0 Å². The van der Waals surface area contributed by atoms with Crippen LogP contribution in [0.5, 0.6) is 0 Å². The second-order valence-electron chi connectivity index (χ2n) is 2.61. The molecule has 0 N–H and O–H groups in total. The predicted octanol–water partition coefficient (Wildman–Crippen LogP) is 1.59. The van der Waals surface area contributed by atoms with E-state index in [2.05, 4.69) is 11.5 Å². The molecule has 0 atom stereocenters. The van der Waals surface area contributed by atoms with E-state index in [1.807, 2.05) is 0 Å². The summed E-state index contributed by atoms with van der Waals surface area (Å²) in [6.07, 6.45) is 5.51. The molecule has 1 fully saturated rings. The molecular formula is C8H12O3. The molecule has 0 radical (unpaired) electrons. The molecule has 0 amide bonds. The first-order chi connectivity index (χ1) is 5.33. The van der Waals surface area contributed by atoms with Crippen LogP contribution in [0.4, 0.5) is 0 Å². The molecule has 1 aliphatic carbocycles. The van der Waals surface area contributed by atoms with Crippen LogP contribution in [0.3, 0.4) is 0 Å². The van der Waals surface area contributed by atoms with Crippen molar-refractivity contribution < 1.29 is 14.6 Å². The summed E-state index contributed by atoms with van der Waals surface area (Å²) in [6.45, 7) is 3.25. The highest BCUT2D eigenvalue weighted by atomic mass is 17.2. The Balaban J connectivity index is 2.10. The molecule has 1 aliphatic rings. The van der Waals surface area contributed by atoms with Crippen LogP contribution in [0.1, 0.15) is 25.7 Å². The smallest absolute Gasteiger partial charge is 0.293 e. The molecule has 0 aromatic rings. The van der Waals surface area contributed by atoms with Crippen molar-refractivity contribution in [1.82, 2.24) is 0 Å². The van der Waals surface area contributed by atoms with E-state index >= 15 is 0 Å². The monoisotopic (exact) mass is 156 g/mol. The molecule has 3 nitrogen and oxygen atoms in total. The Morgan fingerprint density at radius 3 is 2.64 bits per heavy atom. The largest absolute Gasteiger partial charge is 0.365 e. The van der Waals surface area contributed by atoms with Gasteiger partial charge in [-0.1, -0.05) is 19.4 Å². The number of hydrogen-bond acceptors (Lipinski definition) is 3. The molecule has 3 heteroatoms. The molecule has 1 rings (SSSR count). The van der Waals surface area contributed by atoms with E-state index in [9.17, 15) is 4.79 Å². The molecule has 0 unspecified atom stereocenters. The summed E-state index contributed by atoms with van der Waals surface area (Å²) in [5, 5.41) is 0. The minimum Gasteiger partial charge on any atom is -0.293 e. The average molecular weight is 156 g/mol. The standard InChI is InChI=1S/C8H12O3/c1-2-8(9)11-10-7-5-3-4-6-7/h2,7H,1,3-6H2. The van der Waals surface area contributed by atoms with Gasteiger partial charge in [0.1, 0.15) is 6.10 Å². The summed E-state index contributed by atoms with van der Waals surface area (Å²) in [5.74, 6) is -0.517. The van der Waals surface area contributed by atoms with Gasteiger partial charge >= 0.3 is 5.97 Å². The van der Waals surface area contributed by atoms with Gasteiger partial charge in [0.25, 0.3) is 0 Å². The Morgan fingerprint density at radius 1 is 1.45 bits per heavy atom. The van der Waals surface area contributed by atoms with Crippen LogP contribution in [0.2, 0.25) is 0 Å². The Hall–Kier alpha value is -0.830. The summed E-state index contributed by atoms with van der Waals surface area (Å²) in [4.78, 5) is 19.8. The molecule has 0 bridgehead atoms. The first kappa shape index (κ1) is 8.27. The summed E-state index contributed by atoms with van der Waals surface area (Å²) in [7, 11) is 0. The number of rotatable bonds is 3. The van der Waals surface area contributed by atoms with Crippen LogP contribution in [-0.2, 0) is 14.6 Å². The van der Waals surface area contributed by atoms with Gasteiger partial charge in [-0.05, 0) is 12.8 Å².